The molecule has 0 radical (unpaired) electrons. The molecule has 2 atom stereocenters. The minimum atomic E-state index is -0.194. The summed E-state index contributed by atoms with van der Waals surface area (Å²) in [5, 5.41) is 5.94. The molecule has 0 bridgehead atoms. The molecule has 1 aliphatic heterocycles. The number of pyridine rings is 1. The van der Waals surface area contributed by atoms with Crippen LogP contribution in [0.5, 0.6) is 0 Å². The van der Waals surface area contributed by atoms with E-state index in [1.807, 2.05) is 24.8 Å². The zero-order chi connectivity index (χ0) is 19.1. The lowest BCUT2D eigenvalue weighted by atomic mass is 9.99. The van der Waals surface area contributed by atoms with Crippen LogP contribution in [0.1, 0.15) is 18.9 Å². The Morgan fingerprint density at radius 1 is 1.37 bits per heavy atom. The fourth-order valence-electron chi connectivity index (χ4n) is 2.97. The van der Waals surface area contributed by atoms with Gasteiger partial charge in [0.1, 0.15) is 5.82 Å². The number of amides is 1. The van der Waals surface area contributed by atoms with Gasteiger partial charge in [0.05, 0.1) is 13.0 Å². The number of esters is 1. The summed E-state index contributed by atoms with van der Waals surface area (Å²) in [6, 6.07) is 3.67. The van der Waals surface area contributed by atoms with E-state index >= 15 is 0 Å². The number of nitrogens with one attached hydrogen (secondary N) is 2. The van der Waals surface area contributed by atoms with Gasteiger partial charge in [-0.15, -0.1) is 24.0 Å². The number of ether oxygens (including phenoxy) is 1. The van der Waals surface area contributed by atoms with Crippen LogP contribution in [0.2, 0.25) is 0 Å². The molecule has 2 rings (SSSR count). The summed E-state index contributed by atoms with van der Waals surface area (Å²) in [6.45, 7) is 5.69. The molecule has 9 heteroatoms. The van der Waals surface area contributed by atoms with Gasteiger partial charge in [-0.05, 0) is 24.5 Å². The van der Waals surface area contributed by atoms with Crippen LogP contribution in [-0.4, -0.2) is 61.5 Å². The number of aryl methyl sites for hydroxylation is 1. The van der Waals surface area contributed by atoms with Crippen LogP contribution in [0.25, 0.3) is 0 Å². The van der Waals surface area contributed by atoms with Gasteiger partial charge in [0.2, 0.25) is 5.91 Å². The Hall–Kier alpha value is -1.91. The summed E-state index contributed by atoms with van der Waals surface area (Å²) < 4.78 is 4.86. The fraction of sp³-hybridized carbons (Fsp3) is 0.556. The molecule has 150 valence electrons. The molecule has 0 aliphatic carbocycles. The maximum Gasteiger partial charge on any atom is 0.310 e. The van der Waals surface area contributed by atoms with Crippen molar-refractivity contribution in [3.63, 3.8) is 0 Å². The molecule has 2 heterocycles. The molecule has 2 unspecified atom stereocenters. The van der Waals surface area contributed by atoms with Crippen molar-refractivity contribution in [3.05, 3.63) is 23.9 Å². The Morgan fingerprint density at radius 2 is 2.11 bits per heavy atom. The first-order chi connectivity index (χ1) is 12.4. The molecule has 8 nitrogen and oxygen atoms in total. The van der Waals surface area contributed by atoms with Crippen molar-refractivity contribution in [2.24, 2.45) is 16.8 Å². The molecule has 1 aromatic heterocycles. The first-order valence-corrected chi connectivity index (χ1v) is 8.70. The lowest BCUT2D eigenvalue weighted by molar-refractivity contribution is -0.146. The van der Waals surface area contributed by atoms with E-state index in [9.17, 15) is 9.59 Å². The number of nitrogens with zero attached hydrogens (tertiary/aromatic N) is 3. The van der Waals surface area contributed by atoms with E-state index in [2.05, 4.69) is 20.6 Å². The van der Waals surface area contributed by atoms with E-state index in [0.29, 0.717) is 31.3 Å². The number of methoxy groups -OCH3 is 1. The van der Waals surface area contributed by atoms with Gasteiger partial charge in [-0.25, -0.2) is 4.98 Å². The van der Waals surface area contributed by atoms with Crippen molar-refractivity contribution in [3.8, 4) is 0 Å². The standard InChI is InChI=1S/C18H27N5O3.HI/c1-12-5-6-15(21-9-12)22-16(24)7-8-20-18(19-3)23-10-13(2)14(11-23)17(25)26-4;/h5-6,9,13-14H,7-8,10-11H2,1-4H3,(H,19,20)(H,21,22,24);1H. The first kappa shape index (κ1) is 23.1. The van der Waals surface area contributed by atoms with Crippen LogP contribution in [0.4, 0.5) is 5.82 Å². The third-order valence-corrected chi connectivity index (χ3v) is 4.44. The highest BCUT2D eigenvalue weighted by Gasteiger charge is 2.36. The topological polar surface area (TPSA) is 95.9 Å². The zero-order valence-electron chi connectivity index (χ0n) is 16.2. The van der Waals surface area contributed by atoms with Crippen molar-refractivity contribution in [1.29, 1.82) is 0 Å². The summed E-state index contributed by atoms with van der Waals surface area (Å²) in [4.78, 5) is 34.2. The van der Waals surface area contributed by atoms with Crippen LogP contribution in [0.15, 0.2) is 23.3 Å². The Labute approximate surface area is 177 Å². The van der Waals surface area contributed by atoms with E-state index in [1.54, 1.807) is 19.3 Å². The van der Waals surface area contributed by atoms with Crippen molar-refractivity contribution in [2.45, 2.75) is 20.3 Å². The third-order valence-electron chi connectivity index (χ3n) is 4.44. The summed E-state index contributed by atoms with van der Waals surface area (Å²) >= 11 is 0. The SMILES string of the molecule is CN=C(NCCC(=O)Nc1ccc(C)cn1)N1CC(C)C(C(=O)OC)C1.I. The van der Waals surface area contributed by atoms with Gasteiger partial charge in [-0.1, -0.05) is 13.0 Å². The average Bonchev–Trinajstić information content (AvgIpc) is 3.01. The summed E-state index contributed by atoms with van der Waals surface area (Å²) in [5.74, 6) is 0.946. The van der Waals surface area contributed by atoms with Gasteiger partial charge >= 0.3 is 5.97 Å². The predicted octanol–water partition coefficient (Wildman–Crippen LogP) is 1.65. The van der Waals surface area contributed by atoms with E-state index in [-0.39, 0.29) is 47.7 Å². The van der Waals surface area contributed by atoms with Gasteiger partial charge in [0.25, 0.3) is 0 Å². The highest BCUT2D eigenvalue weighted by atomic mass is 127. The van der Waals surface area contributed by atoms with Crippen LogP contribution in [0, 0.1) is 18.8 Å². The molecule has 0 saturated carbocycles. The second-order valence-corrected chi connectivity index (χ2v) is 6.50. The average molecular weight is 489 g/mol. The molecule has 1 amide bonds. The van der Waals surface area contributed by atoms with Crippen LogP contribution < -0.4 is 10.6 Å². The van der Waals surface area contributed by atoms with Crippen molar-refractivity contribution in [2.75, 3.05) is 39.1 Å². The van der Waals surface area contributed by atoms with Crippen LogP contribution in [-0.2, 0) is 14.3 Å². The number of guanidine groups is 1. The number of aliphatic imine (C=N–C) groups is 1. The Balaban J connectivity index is 0.00000364. The molecule has 27 heavy (non-hydrogen) atoms. The zero-order valence-corrected chi connectivity index (χ0v) is 18.5. The van der Waals surface area contributed by atoms with Gasteiger partial charge in [0, 0.05) is 39.3 Å². The molecule has 0 spiro atoms. The van der Waals surface area contributed by atoms with Gasteiger partial charge < -0.3 is 20.3 Å². The van der Waals surface area contributed by atoms with Crippen LogP contribution >= 0.6 is 24.0 Å². The Kier molecular flexibility index (Phi) is 9.47. The fourth-order valence-corrected chi connectivity index (χ4v) is 2.97. The molecule has 1 aromatic rings. The minimum absolute atomic E-state index is 0. The van der Waals surface area contributed by atoms with E-state index < -0.39 is 0 Å². The molecular formula is C18H28IN5O3. The molecular weight excluding hydrogens is 461 g/mol. The van der Waals surface area contributed by atoms with E-state index in [4.69, 9.17) is 4.74 Å². The minimum Gasteiger partial charge on any atom is -0.469 e. The number of carbonyl (C=O) groups is 2. The Morgan fingerprint density at radius 3 is 2.70 bits per heavy atom. The second-order valence-electron chi connectivity index (χ2n) is 6.50. The normalized spacial score (nSPS) is 19.3. The maximum absolute atomic E-state index is 12.0. The van der Waals surface area contributed by atoms with Gasteiger partial charge in [-0.2, -0.15) is 0 Å². The van der Waals surface area contributed by atoms with Gasteiger partial charge in [-0.3, -0.25) is 14.6 Å². The number of hydrogen-bond donors (Lipinski definition) is 2. The summed E-state index contributed by atoms with van der Waals surface area (Å²) in [5.41, 5.74) is 1.04. The number of rotatable bonds is 5. The number of halogens is 1. The largest absolute Gasteiger partial charge is 0.469 e. The first-order valence-electron chi connectivity index (χ1n) is 8.70. The monoisotopic (exact) mass is 489 g/mol. The highest BCUT2D eigenvalue weighted by molar-refractivity contribution is 14.0. The van der Waals surface area contributed by atoms with Crippen molar-refractivity contribution < 1.29 is 14.3 Å². The highest BCUT2D eigenvalue weighted by Crippen LogP contribution is 2.24. The molecule has 1 aliphatic rings. The quantitative estimate of drug-likeness (QED) is 0.283. The number of carbonyl (C=O) groups excluding carboxylic acids is 2. The lowest BCUT2D eigenvalue weighted by Crippen LogP contribution is -2.41. The summed E-state index contributed by atoms with van der Waals surface area (Å²) in [6.07, 6.45) is 2.00. The third kappa shape index (κ3) is 6.64. The predicted molar refractivity (Wildman–Crippen MR) is 115 cm³/mol. The molecule has 1 fully saturated rings. The van der Waals surface area contributed by atoms with E-state index in [1.165, 1.54) is 7.11 Å². The molecule has 0 aromatic carbocycles. The number of aromatic nitrogens is 1. The lowest BCUT2D eigenvalue weighted by Gasteiger charge is -2.21. The summed E-state index contributed by atoms with van der Waals surface area (Å²) in [7, 11) is 3.10. The van der Waals surface area contributed by atoms with Crippen molar-refractivity contribution >= 4 is 47.6 Å². The van der Waals surface area contributed by atoms with Crippen LogP contribution in [0.3, 0.4) is 0 Å². The van der Waals surface area contributed by atoms with Crippen molar-refractivity contribution in [1.82, 2.24) is 15.2 Å². The number of likely N-dealkylation sites (tertiary alicyclic amines) is 1. The maximum atomic E-state index is 12.0. The number of hydrogen-bond acceptors (Lipinski definition) is 5. The van der Waals surface area contributed by atoms with Gasteiger partial charge in [0.15, 0.2) is 5.96 Å². The Bertz CT molecular complexity index is 665. The smallest absolute Gasteiger partial charge is 0.310 e. The number of anilines is 1. The molecule has 1 saturated heterocycles. The molecule has 2 N–H and O–H groups in total. The second kappa shape index (κ2) is 11.1. The van der Waals surface area contributed by atoms with E-state index in [0.717, 1.165) is 12.1 Å².